The molecule has 1 fully saturated rings. The lowest BCUT2D eigenvalue weighted by atomic mass is 9.76. The van der Waals surface area contributed by atoms with E-state index in [4.69, 9.17) is 0 Å². The van der Waals surface area contributed by atoms with E-state index < -0.39 is 0 Å². The van der Waals surface area contributed by atoms with Gasteiger partial charge >= 0.3 is 0 Å². The van der Waals surface area contributed by atoms with E-state index in [1.807, 2.05) is 6.92 Å². The summed E-state index contributed by atoms with van der Waals surface area (Å²) in [6, 6.07) is 0.578. The van der Waals surface area contributed by atoms with Gasteiger partial charge in [0.15, 0.2) is 0 Å². The van der Waals surface area contributed by atoms with Gasteiger partial charge in [0.1, 0.15) is 6.23 Å². The molecule has 0 saturated heterocycles. The molecule has 0 spiro atoms. The van der Waals surface area contributed by atoms with Gasteiger partial charge in [-0.3, -0.25) is 4.90 Å². The van der Waals surface area contributed by atoms with E-state index in [-0.39, 0.29) is 6.23 Å². The fourth-order valence-corrected chi connectivity index (χ4v) is 2.94. The Hall–Kier alpha value is -0.0800. The van der Waals surface area contributed by atoms with E-state index in [9.17, 15) is 5.11 Å². The number of hydrogen-bond acceptors (Lipinski definition) is 2. The van der Waals surface area contributed by atoms with Gasteiger partial charge in [0.05, 0.1) is 0 Å². The molecule has 14 heavy (non-hydrogen) atoms. The third-order valence-corrected chi connectivity index (χ3v) is 3.88. The van der Waals surface area contributed by atoms with E-state index in [1.54, 1.807) is 0 Å². The second-order valence-corrected chi connectivity index (χ2v) is 4.86. The second-order valence-electron chi connectivity index (χ2n) is 4.86. The summed E-state index contributed by atoms with van der Waals surface area (Å²) < 4.78 is 0. The first-order valence-electron chi connectivity index (χ1n) is 5.98. The van der Waals surface area contributed by atoms with Crippen molar-refractivity contribution in [2.75, 3.05) is 7.05 Å². The Morgan fingerprint density at radius 2 is 2.07 bits per heavy atom. The lowest BCUT2D eigenvalue weighted by molar-refractivity contribution is -0.0403. The maximum Gasteiger partial charge on any atom is 0.104 e. The largest absolute Gasteiger partial charge is 0.379 e. The minimum atomic E-state index is -0.311. The van der Waals surface area contributed by atoms with E-state index in [0.29, 0.717) is 6.04 Å². The Kier molecular flexibility index (Phi) is 4.39. The average Bonchev–Trinajstić information content (AvgIpc) is 2.16. The Morgan fingerprint density at radius 1 is 1.43 bits per heavy atom. The molecule has 1 rings (SSSR count). The molecule has 2 heteroatoms. The number of nitrogens with zero attached hydrogens (tertiary/aromatic N) is 1. The van der Waals surface area contributed by atoms with Crippen molar-refractivity contribution >= 4 is 0 Å². The topological polar surface area (TPSA) is 23.5 Å². The Labute approximate surface area is 88.3 Å². The standard InChI is InChI=1S/C12H25NO/c1-5-11-8-6-7-9(2)12(11)13(4)10(3)14/h9-12,14H,5-8H2,1-4H3. The normalized spacial score (nSPS) is 36.0. The number of aliphatic hydroxyl groups excluding tert-OH is 1. The monoisotopic (exact) mass is 199 g/mol. The SMILES string of the molecule is CCC1CCCC(C)C1N(C)C(C)O. The first kappa shape index (κ1) is 12.0. The molecule has 0 amide bonds. The third kappa shape index (κ3) is 2.48. The van der Waals surface area contributed by atoms with Crippen LogP contribution in [0.25, 0.3) is 0 Å². The van der Waals surface area contributed by atoms with Crippen LogP contribution in [0, 0.1) is 11.8 Å². The first-order valence-corrected chi connectivity index (χ1v) is 5.98. The van der Waals surface area contributed by atoms with Crippen LogP contribution in [0.2, 0.25) is 0 Å². The number of rotatable bonds is 3. The van der Waals surface area contributed by atoms with Crippen LogP contribution in [0.4, 0.5) is 0 Å². The van der Waals surface area contributed by atoms with Gasteiger partial charge in [-0.05, 0) is 38.6 Å². The molecule has 1 aliphatic carbocycles. The Morgan fingerprint density at radius 3 is 2.57 bits per heavy atom. The summed E-state index contributed by atoms with van der Waals surface area (Å²) >= 11 is 0. The summed E-state index contributed by atoms with van der Waals surface area (Å²) in [5, 5.41) is 9.63. The van der Waals surface area contributed by atoms with Crippen LogP contribution >= 0.6 is 0 Å². The summed E-state index contributed by atoms with van der Waals surface area (Å²) in [5.41, 5.74) is 0. The highest BCUT2D eigenvalue weighted by Gasteiger charge is 2.33. The van der Waals surface area contributed by atoms with Gasteiger partial charge < -0.3 is 5.11 Å². The molecule has 1 saturated carbocycles. The zero-order valence-electron chi connectivity index (χ0n) is 10.0. The smallest absolute Gasteiger partial charge is 0.104 e. The van der Waals surface area contributed by atoms with Gasteiger partial charge in [-0.2, -0.15) is 0 Å². The van der Waals surface area contributed by atoms with Crippen molar-refractivity contribution in [3.63, 3.8) is 0 Å². The van der Waals surface area contributed by atoms with Gasteiger partial charge in [-0.15, -0.1) is 0 Å². The first-order chi connectivity index (χ1) is 6.57. The highest BCUT2D eigenvalue weighted by molar-refractivity contribution is 4.86. The maximum absolute atomic E-state index is 9.63. The van der Waals surface area contributed by atoms with E-state index in [1.165, 1.54) is 25.7 Å². The molecule has 0 aromatic carbocycles. The maximum atomic E-state index is 9.63. The predicted octanol–water partition coefficient (Wildman–Crippen LogP) is 2.47. The van der Waals surface area contributed by atoms with Crippen molar-refractivity contribution < 1.29 is 5.11 Å². The van der Waals surface area contributed by atoms with Gasteiger partial charge in [0.25, 0.3) is 0 Å². The van der Waals surface area contributed by atoms with Crippen molar-refractivity contribution in [3.8, 4) is 0 Å². The van der Waals surface area contributed by atoms with Crippen LogP contribution in [0.15, 0.2) is 0 Å². The molecule has 0 aromatic heterocycles. The number of hydrogen-bond donors (Lipinski definition) is 1. The highest BCUT2D eigenvalue weighted by atomic mass is 16.3. The minimum Gasteiger partial charge on any atom is -0.379 e. The molecular formula is C12H25NO. The van der Waals surface area contributed by atoms with Crippen LogP contribution < -0.4 is 0 Å². The van der Waals surface area contributed by atoms with E-state index in [0.717, 1.165) is 11.8 Å². The van der Waals surface area contributed by atoms with Crippen LogP contribution in [0.1, 0.15) is 46.5 Å². The van der Waals surface area contributed by atoms with Gasteiger partial charge in [-0.1, -0.05) is 26.7 Å². The van der Waals surface area contributed by atoms with Crippen molar-refractivity contribution in [2.45, 2.75) is 58.7 Å². The Balaban J connectivity index is 2.68. The summed E-state index contributed by atoms with van der Waals surface area (Å²) in [4.78, 5) is 2.15. The number of aliphatic hydroxyl groups is 1. The summed E-state index contributed by atoms with van der Waals surface area (Å²) in [6.45, 7) is 6.46. The molecule has 0 aromatic rings. The highest BCUT2D eigenvalue weighted by Crippen LogP contribution is 2.34. The molecule has 0 bridgehead atoms. The van der Waals surface area contributed by atoms with E-state index in [2.05, 4.69) is 25.8 Å². The quantitative estimate of drug-likeness (QED) is 0.706. The molecule has 0 aliphatic heterocycles. The van der Waals surface area contributed by atoms with Crippen molar-refractivity contribution in [1.29, 1.82) is 0 Å². The third-order valence-electron chi connectivity index (χ3n) is 3.88. The van der Waals surface area contributed by atoms with Gasteiger partial charge in [-0.25, -0.2) is 0 Å². The average molecular weight is 199 g/mol. The molecule has 0 heterocycles. The zero-order valence-corrected chi connectivity index (χ0v) is 10.0. The molecular weight excluding hydrogens is 174 g/mol. The van der Waals surface area contributed by atoms with Crippen molar-refractivity contribution in [2.24, 2.45) is 11.8 Å². The second kappa shape index (κ2) is 5.13. The van der Waals surface area contributed by atoms with Crippen LogP contribution in [-0.4, -0.2) is 29.3 Å². The summed E-state index contributed by atoms with van der Waals surface area (Å²) in [6.07, 6.45) is 4.95. The van der Waals surface area contributed by atoms with Gasteiger partial charge in [0.2, 0.25) is 0 Å². The zero-order chi connectivity index (χ0) is 10.7. The lowest BCUT2D eigenvalue weighted by Crippen LogP contribution is -2.48. The van der Waals surface area contributed by atoms with E-state index >= 15 is 0 Å². The predicted molar refractivity (Wildman–Crippen MR) is 60.0 cm³/mol. The van der Waals surface area contributed by atoms with Crippen LogP contribution in [-0.2, 0) is 0 Å². The van der Waals surface area contributed by atoms with Crippen molar-refractivity contribution in [1.82, 2.24) is 4.90 Å². The fourth-order valence-electron chi connectivity index (χ4n) is 2.94. The fraction of sp³-hybridized carbons (Fsp3) is 1.00. The summed E-state index contributed by atoms with van der Waals surface area (Å²) in [7, 11) is 2.06. The lowest BCUT2D eigenvalue weighted by Gasteiger charge is -2.43. The minimum absolute atomic E-state index is 0.311. The van der Waals surface area contributed by atoms with Crippen molar-refractivity contribution in [3.05, 3.63) is 0 Å². The van der Waals surface area contributed by atoms with Crippen LogP contribution in [0.3, 0.4) is 0 Å². The van der Waals surface area contributed by atoms with Gasteiger partial charge in [0, 0.05) is 6.04 Å². The molecule has 2 nitrogen and oxygen atoms in total. The molecule has 4 unspecified atom stereocenters. The molecule has 1 N–H and O–H groups in total. The van der Waals surface area contributed by atoms with Crippen LogP contribution in [0.5, 0.6) is 0 Å². The molecule has 0 radical (unpaired) electrons. The Bertz CT molecular complexity index is 168. The molecule has 4 atom stereocenters. The summed E-state index contributed by atoms with van der Waals surface area (Å²) in [5.74, 6) is 1.51. The molecule has 1 aliphatic rings. The molecule has 84 valence electrons.